The number of nitrogens with one attached hydrogen (secondary N) is 1. The first-order valence-corrected chi connectivity index (χ1v) is 9.76. The highest BCUT2D eigenvalue weighted by atomic mass is 35.5. The molecule has 1 aromatic carbocycles. The zero-order valence-corrected chi connectivity index (χ0v) is 16.7. The number of hydrogen-bond acceptors (Lipinski definition) is 4. The first-order chi connectivity index (χ1) is 14.3. The second kappa shape index (κ2) is 7.75. The summed E-state index contributed by atoms with van der Waals surface area (Å²) in [4.78, 5) is 16.4. The van der Waals surface area contributed by atoms with Gasteiger partial charge in [-0.1, -0.05) is 48.9 Å². The van der Waals surface area contributed by atoms with Gasteiger partial charge < -0.3 is 5.32 Å². The maximum atomic E-state index is 12.7. The quantitative estimate of drug-likeness (QED) is 0.606. The van der Waals surface area contributed by atoms with E-state index < -0.39 is 17.3 Å². The predicted molar refractivity (Wildman–Crippen MR) is 108 cm³/mol. The van der Waals surface area contributed by atoms with Crippen molar-refractivity contribution in [3.05, 3.63) is 81.4 Å². The van der Waals surface area contributed by atoms with Crippen LogP contribution >= 0.6 is 11.6 Å². The van der Waals surface area contributed by atoms with Gasteiger partial charge in [0.2, 0.25) is 0 Å². The number of nitrogens with zero attached hydrogens (tertiary/aromatic N) is 3. The Kier molecular flexibility index (Phi) is 5.27. The molecular weight excluding hydrogens is 417 g/mol. The van der Waals surface area contributed by atoms with Gasteiger partial charge in [0, 0.05) is 6.20 Å². The van der Waals surface area contributed by atoms with Crippen molar-refractivity contribution in [2.75, 3.05) is 5.32 Å². The molecule has 156 valence electrons. The molecule has 1 fully saturated rings. The number of benzene rings is 1. The van der Waals surface area contributed by atoms with E-state index in [-0.39, 0.29) is 16.9 Å². The summed E-state index contributed by atoms with van der Waals surface area (Å²) in [6, 6.07) is 11.8. The first-order valence-electron chi connectivity index (χ1n) is 9.38. The average Bonchev–Trinajstić information content (AvgIpc) is 3.45. The minimum absolute atomic E-state index is 0.0278. The van der Waals surface area contributed by atoms with Crippen LogP contribution in [0.2, 0.25) is 5.02 Å². The standard InChI is InChI=1S/C21H18ClF3N4O/c1-12-9-15(12)19(13-5-3-2-4-6-13)28-16-11-27-29(20(30)18(16)22)17-8-7-14(10-26-17)21(23,24)25/h2-8,10-12,15,19,28H,9H2,1H3. The zero-order valence-electron chi connectivity index (χ0n) is 15.9. The van der Waals surface area contributed by atoms with E-state index in [1.54, 1.807) is 0 Å². The van der Waals surface area contributed by atoms with E-state index in [2.05, 4.69) is 22.3 Å². The number of alkyl halides is 3. The molecule has 3 atom stereocenters. The van der Waals surface area contributed by atoms with Crippen LogP contribution in [0, 0.1) is 11.8 Å². The van der Waals surface area contributed by atoms with Gasteiger partial charge >= 0.3 is 6.18 Å². The van der Waals surface area contributed by atoms with Gasteiger partial charge in [-0.25, -0.2) is 4.98 Å². The van der Waals surface area contributed by atoms with Crippen molar-refractivity contribution in [2.45, 2.75) is 25.6 Å². The molecule has 30 heavy (non-hydrogen) atoms. The van der Waals surface area contributed by atoms with Crippen LogP contribution in [0.15, 0.2) is 59.7 Å². The highest BCUT2D eigenvalue weighted by Gasteiger charge is 2.40. The maximum Gasteiger partial charge on any atom is 0.417 e. The summed E-state index contributed by atoms with van der Waals surface area (Å²) in [5.41, 5.74) is -0.119. The molecule has 0 spiro atoms. The summed E-state index contributed by atoms with van der Waals surface area (Å²) in [7, 11) is 0. The second-order valence-electron chi connectivity index (χ2n) is 7.40. The fourth-order valence-corrected chi connectivity index (χ4v) is 3.64. The second-order valence-corrected chi connectivity index (χ2v) is 7.78. The van der Waals surface area contributed by atoms with Crippen molar-refractivity contribution < 1.29 is 13.2 Å². The Morgan fingerprint density at radius 1 is 1.17 bits per heavy atom. The van der Waals surface area contributed by atoms with Gasteiger partial charge in [0.25, 0.3) is 5.56 Å². The van der Waals surface area contributed by atoms with Crippen LogP contribution in [0.5, 0.6) is 0 Å². The molecule has 1 aliphatic rings. The summed E-state index contributed by atoms with van der Waals surface area (Å²) in [6.45, 7) is 2.16. The van der Waals surface area contributed by atoms with Gasteiger partial charge in [0.1, 0.15) is 5.02 Å². The summed E-state index contributed by atoms with van der Waals surface area (Å²) in [6.07, 6.45) is -1.40. The van der Waals surface area contributed by atoms with Crippen molar-refractivity contribution >= 4 is 17.3 Å². The van der Waals surface area contributed by atoms with Gasteiger partial charge in [0.15, 0.2) is 5.82 Å². The molecule has 0 radical (unpaired) electrons. The van der Waals surface area contributed by atoms with Gasteiger partial charge in [-0.3, -0.25) is 4.79 Å². The number of anilines is 1. The Labute approximate surface area is 175 Å². The lowest BCUT2D eigenvalue weighted by molar-refractivity contribution is -0.137. The van der Waals surface area contributed by atoms with Crippen LogP contribution in [0.25, 0.3) is 5.82 Å². The molecule has 1 aliphatic carbocycles. The van der Waals surface area contributed by atoms with Crippen LogP contribution in [0.1, 0.15) is 30.5 Å². The SMILES string of the molecule is CC1CC1C(Nc1cnn(-c2ccc(C(F)(F)F)cn2)c(=O)c1Cl)c1ccccc1. The van der Waals surface area contributed by atoms with Crippen molar-refractivity contribution in [3.8, 4) is 5.82 Å². The Balaban J connectivity index is 1.63. The topological polar surface area (TPSA) is 59.8 Å². The lowest BCUT2D eigenvalue weighted by atomic mass is 10.0. The van der Waals surface area contributed by atoms with E-state index in [4.69, 9.17) is 11.6 Å². The summed E-state index contributed by atoms with van der Waals surface area (Å²) in [5, 5.41) is 7.29. The number of aromatic nitrogens is 3. The van der Waals surface area contributed by atoms with Gasteiger partial charge in [0.05, 0.1) is 23.5 Å². The summed E-state index contributed by atoms with van der Waals surface area (Å²) in [5.74, 6) is 0.908. The number of pyridine rings is 1. The van der Waals surface area contributed by atoms with E-state index in [9.17, 15) is 18.0 Å². The minimum Gasteiger partial charge on any atom is -0.375 e. The average molecular weight is 435 g/mol. The minimum atomic E-state index is -4.51. The van der Waals surface area contributed by atoms with Crippen molar-refractivity contribution in [2.24, 2.45) is 11.8 Å². The molecule has 2 heterocycles. The lowest BCUT2D eigenvalue weighted by Gasteiger charge is -2.21. The molecule has 1 saturated carbocycles. The Hall–Kier alpha value is -2.87. The van der Waals surface area contributed by atoms with Crippen LogP contribution in [-0.4, -0.2) is 14.8 Å². The van der Waals surface area contributed by atoms with Crippen molar-refractivity contribution in [1.82, 2.24) is 14.8 Å². The molecule has 0 bridgehead atoms. The molecular formula is C21H18ClF3N4O. The van der Waals surface area contributed by atoms with Crippen LogP contribution < -0.4 is 10.9 Å². The zero-order chi connectivity index (χ0) is 21.5. The van der Waals surface area contributed by atoms with E-state index in [1.807, 2.05) is 30.3 Å². The van der Waals surface area contributed by atoms with E-state index in [0.717, 1.165) is 28.8 Å². The van der Waals surface area contributed by atoms with Gasteiger partial charge in [-0.05, 0) is 36.0 Å². The number of halogens is 4. The Morgan fingerprint density at radius 2 is 1.87 bits per heavy atom. The molecule has 1 N–H and O–H groups in total. The fourth-order valence-electron chi connectivity index (χ4n) is 3.46. The lowest BCUT2D eigenvalue weighted by Crippen LogP contribution is -2.25. The van der Waals surface area contributed by atoms with E-state index >= 15 is 0 Å². The summed E-state index contributed by atoms with van der Waals surface area (Å²) >= 11 is 6.30. The van der Waals surface area contributed by atoms with Crippen molar-refractivity contribution in [3.63, 3.8) is 0 Å². The van der Waals surface area contributed by atoms with E-state index in [1.165, 1.54) is 6.20 Å². The van der Waals surface area contributed by atoms with Crippen LogP contribution in [0.4, 0.5) is 18.9 Å². The fraction of sp³-hybridized carbons (Fsp3) is 0.286. The Morgan fingerprint density at radius 3 is 2.43 bits per heavy atom. The molecule has 9 heteroatoms. The highest BCUT2D eigenvalue weighted by Crippen LogP contribution is 2.48. The largest absolute Gasteiger partial charge is 0.417 e. The highest BCUT2D eigenvalue weighted by molar-refractivity contribution is 6.33. The van der Waals surface area contributed by atoms with Gasteiger partial charge in [-0.2, -0.15) is 23.0 Å². The normalized spacial score (nSPS) is 19.4. The third-order valence-corrected chi connectivity index (χ3v) is 5.65. The number of rotatable bonds is 5. The first kappa shape index (κ1) is 20.4. The van der Waals surface area contributed by atoms with Crippen LogP contribution in [0.3, 0.4) is 0 Å². The molecule has 0 amide bonds. The van der Waals surface area contributed by atoms with Crippen molar-refractivity contribution in [1.29, 1.82) is 0 Å². The third-order valence-electron chi connectivity index (χ3n) is 5.28. The molecule has 3 aromatic rings. The molecule has 0 aliphatic heterocycles. The molecule has 4 rings (SSSR count). The third kappa shape index (κ3) is 4.05. The molecule has 0 saturated heterocycles. The number of hydrogen-bond donors (Lipinski definition) is 1. The Bertz CT molecular complexity index is 1100. The molecule has 2 aromatic heterocycles. The van der Waals surface area contributed by atoms with Crippen LogP contribution in [-0.2, 0) is 6.18 Å². The van der Waals surface area contributed by atoms with Gasteiger partial charge in [-0.15, -0.1) is 0 Å². The smallest absolute Gasteiger partial charge is 0.375 e. The maximum absolute atomic E-state index is 12.7. The monoisotopic (exact) mass is 434 g/mol. The summed E-state index contributed by atoms with van der Waals surface area (Å²) < 4.78 is 39.1. The molecule has 3 unspecified atom stereocenters. The molecule has 5 nitrogen and oxygen atoms in total. The van der Waals surface area contributed by atoms with E-state index in [0.29, 0.717) is 23.7 Å². The predicted octanol–water partition coefficient (Wildman–Crippen LogP) is 5.11.